The highest BCUT2D eigenvalue weighted by molar-refractivity contribution is 5.74. The Bertz CT molecular complexity index is 365. The van der Waals surface area contributed by atoms with Gasteiger partial charge in [-0.2, -0.15) is 0 Å². The fraction of sp³-hybridized carbons (Fsp3) is 0.500. The topological polar surface area (TPSA) is 41.1 Å². The predicted octanol–water partition coefficient (Wildman–Crippen LogP) is 2.86. The van der Waals surface area contributed by atoms with Crippen molar-refractivity contribution in [1.82, 2.24) is 10.6 Å². The lowest BCUT2D eigenvalue weighted by Crippen LogP contribution is -2.41. The lowest BCUT2D eigenvalue weighted by Gasteiger charge is -2.14. The Morgan fingerprint density at radius 2 is 2.00 bits per heavy atom. The summed E-state index contributed by atoms with van der Waals surface area (Å²) < 4.78 is 12.7. The van der Waals surface area contributed by atoms with Gasteiger partial charge in [0.05, 0.1) is 0 Å². The molecule has 1 unspecified atom stereocenters. The number of unbranched alkanes of at least 4 members (excludes halogenated alkanes) is 1. The summed E-state index contributed by atoms with van der Waals surface area (Å²) in [5, 5.41) is 5.66. The van der Waals surface area contributed by atoms with Crippen molar-refractivity contribution in [2.75, 3.05) is 6.54 Å². The van der Waals surface area contributed by atoms with Crippen LogP contribution in [0.5, 0.6) is 0 Å². The Morgan fingerprint density at radius 1 is 1.33 bits per heavy atom. The zero-order chi connectivity index (χ0) is 13.4. The normalized spacial score (nSPS) is 11.9. The number of rotatable bonds is 6. The van der Waals surface area contributed by atoms with E-state index in [0.29, 0.717) is 13.0 Å². The summed E-state index contributed by atoms with van der Waals surface area (Å²) in [5.74, 6) is -0.239. The van der Waals surface area contributed by atoms with E-state index in [4.69, 9.17) is 0 Å². The molecule has 1 atom stereocenters. The Hall–Kier alpha value is -1.58. The second kappa shape index (κ2) is 7.69. The number of carbonyl (C=O) groups is 1. The van der Waals surface area contributed by atoms with Gasteiger partial charge >= 0.3 is 6.03 Å². The molecule has 0 aliphatic rings. The second-order valence-corrected chi connectivity index (χ2v) is 4.49. The molecule has 0 aliphatic heterocycles. The van der Waals surface area contributed by atoms with Gasteiger partial charge in [-0.3, -0.25) is 0 Å². The number of nitrogens with one attached hydrogen (secondary N) is 2. The van der Waals surface area contributed by atoms with Gasteiger partial charge in [0, 0.05) is 12.6 Å². The maximum Gasteiger partial charge on any atom is 0.315 e. The molecule has 3 nitrogen and oxygen atoms in total. The molecular formula is C14H21FN2O. The van der Waals surface area contributed by atoms with Crippen LogP contribution in [0.15, 0.2) is 24.3 Å². The summed E-state index contributed by atoms with van der Waals surface area (Å²) in [7, 11) is 0. The third kappa shape index (κ3) is 5.66. The van der Waals surface area contributed by atoms with Crippen molar-refractivity contribution in [3.63, 3.8) is 0 Å². The van der Waals surface area contributed by atoms with E-state index >= 15 is 0 Å². The van der Waals surface area contributed by atoms with E-state index in [1.54, 1.807) is 12.1 Å². The highest BCUT2D eigenvalue weighted by atomic mass is 19.1. The number of urea groups is 1. The summed E-state index contributed by atoms with van der Waals surface area (Å²) in [4.78, 5) is 11.5. The van der Waals surface area contributed by atoms with Crippen molar-refractivity contribution in [1.29, 1.82) is 0 Å². The van der Waals surface area contributed by atoms with Crippen LogP contribution < -0.4 is 10.6 Å². The van der Waals surface area contributed by atoms with Crippen LogP contribution in [0.25, 0.3) is 0 Å². The van der Waals surface area contributed by atoms with Crippen LogP contribution in [0.3, 0.4) is 0 Å². The molecule has 0 bridgehead atoms. The van der Waals surface area contributed by atoms with Gasteiger partial charge in [-0.1, -0.05) is 25.5 Å². The molecular weight excluding hydrogens is 231 g/mol. The second-order valence-electron chi connectivity index (χ2n) is 4.49. The summed E-state index contributed by atoms with van der Waals surface area (Å²) in [6.45, 7) is 4.71. The summed E-state index contributed by atoms with van der Waals surface area (Å²) in [6.07, 6.45) is 2.74. The van der Waals surface area contributed by atoms with E-state index in [9.17, 15) is 9.18 Å². The van der Waals surface area contributed by atoms with Gasteiger partial charge in [0.15, 0.2) is 0 Å². The third-order valence-corrected chi connectivity index (χ3v) is 2.65. The fourth-order valence-corrected chi connectivity index (χ4v) is 1.68. The quantitative estimate of drug-likeness (QED) is 0.751. The minimum atomic E-state index is -0.239. The largest absolute Gasteiger partial charge is 0.338 e. The molecule has 2 amide bonds. The molecule has 0 heterocycles. The Balaban J connectivity index is 2.30. The van der Waals surface area contributed by atoms with E-state index < -0.39 is 0 Å². The van der Waals surface area contributed by atoms with Gasteiger partial charge in [-0.25, -0.2) is 9.18 Å². The zero-order valence-electron chi connectivity index (χ0n) is 11.0. The van der Waals surface area contributed by atoms with Crippen LogP contribution in [0.4, 0.5) is 9.18 Å². The first-order valence-electron chi connectivity index (χ1n) is 6.40. The van der Waals surface area contributed by atoms with Gasteiger partial charge in [0.1, 0.15) is 5.82 Å². The Labute approximate surface area is 108 Å². The van der Waals surface area contributed by atoms with Crippen molar-refractivity contribution >= 4 is 6.03 Å². The van der Waals surface area contributed by atoms with Gasteiger partial charge < -0.3 is 10.6 Å². The molecule has 0 saturated carbocycles. The first-order chi connectivity index (χ1) is 8.61. The highest BCUT2D eigenvalue weighted by Crippen LogP contribution is 2.05. The Kier molecular flexibility index (Phi) is 6.19. The average Bonchev–Trinajstić information content (AvgIpc) is 2.32. The first kappa shape index (κ1) is 14.5. The molecule has 0 fully saturated rings. The van der Waals surface area contributed by atoms with Gasteiger partial charge in [0.2, 0.25) is 0 Å². The minimum absolute atomic E-state index is 0.0251. The molecule has 0 radical (unpaired) electrons. The summed E-state index contributed by atoms with van der Waals surface area (Å²) in [5.41, 5.74) is 1.01. The van der Waals surface area contributed by atoms with Crippen molar-refractivity contribution < 1.29 is 9.18 Å². The van der Waals surface area contributed by atoms with E-state index in [2.05, 4.69) is 17.6 Å². The van der Waals surface area contributed by atoms with Gasteiger partial charge in [0.25, 0.3) is 0 Å². The lowest BCUT2D eigenvalue weighted by atomic mass is 10.1. The Morgan fingerprint density at radius 3 is 2.61 bits per heavy atom. The van der Waals surface area contributed by atoms with Crippen LogP contribution in [-0.4, -0.2) is 18.6 Å². The molecule has 2 N–H and O–H groups in total. The maximum atomic E-state index is 12.7. The van der Waals surface area contributed by atoms with Crippen LogP contribution in [0.1, 0.15) is 32.3 Å². The van der Waals surface area contributed by atoms with Crippen LogP contribution in [0, 0.1) is 5.82 Å². The number of benzene rings is 1. The number of halogens is 1. The van der Waals surface area contributed by atoms with Crippen molar-refractivity contribution in [3.05, 3.63) is 35.6 Å². The maximum absolute atomic E-state index is 12.7. The molecule has 0 saturated heterocycles. The van der Waals surface area contributed by atoms with Gasteiger partial charge in [-0.15, -0.1) is 0 Å². The summed E-state index contributed by atoms with van der Waals surface area (Å²) in [6, 6.07) is 6.23. The zero-order valence-corrected chi connectivity index (χ0v) is 11.0. The molecule has 1 aromatic rings. The van der Waals surface area contributed by atoms with Crippen molar-refractivity contribution in [3.8, 4) is 0 Å². The average molecular weight is 252 g/mol. The smallest absolute Gasteiger partial charge is 0.315 e. The third-order valence-electron chi connectivity index (χ3n) is 2.65. The van der Waals surface area contributed by atoms with Crippen LogP contribution >= 0.6 is 0 Å². The molecule has 1 rings (SSSR count). The SMILES string of the molecule is CCCCNC(=O)NC(C)Cc1ccc(F)cc1. The van der Waals surface area contributed by atoms with Crippen molar-refractivity contribution in [2.45, 2.75) is 39.2 Å². The number of hydrogen-bond acceptors (Lipinski definition) is 1. The van der Waals surface area contributed by atoms with Crippen molar-refractivity contribution in [2.24, 2.45) is 0 Å². The molecule has 4 heteroatoms. The molecule has 1 aromatic carbocycles. The molecule has 18 heavy (non-hydrogen) atoms. The number of hydrogen-bond donors (Lipinski definition) is 2. The standard InChI is InChI=1S/C14H21FN2O/c1-3-4-9-16-14(18)17-11(2)10-12-5-7-13(15)8-6-12/h5-8,11H,3-4,9-10H2,1-2H3,(H2,16,17,18). The predicted molar refractivity (Wildman–Crippen MR) is 71.0 cm³/mol. The van der Waals surface area contributed by atoms with E-state index in [-0.39, 0.29) is 17.9 Å². The minimum Gasteiger partial charge on any atom is -0.338 e. The highest BCUT2D eigenvalue weighted by Gasteiger charge is 2.07. The monoisotopic (exact) mass is 252 g/mol. The molecule has 0 spiro atoms. The molecule has 100 valence electrons. The fourth-order valence-electron chi connectivity index (χ4n) is 1.68. The van der Waals surface area contributed by atoms with Crippen LogP contribution in [0.2, 0.25) is 0 Å². The summed E-state index contributed by atoms with van der Waals surface area (Å²) >= 11 is 0. The number of amides is 2. The molecule has 0 aliphatic carbocycles. The number of carbonyl (C=O) groups excluding carboxylic acids is 1. The van der Waals surface area contributed by atoms with Crippen LogP contribution in [-0.2, 0) is 6.42 Å². The van der Waals surface area contributed by atoms with E-state index in [0.717, 1.165) is 18.4 Å². The molecule has 0 aromatic heterocycles. The lowest BCUT2D eigenvalue weighted by molar-refractivity contribution is 0.237. The van der Waals surface area contributed by atoms with E-state index in [1.165, 1.54) is 12.1 Å². The first-order valence-corrected chi connectivity index (χ1v) is 6.40. The van der Waals surface area contributed by atoms with E-state index in [1.807, 2.05) is 6.92 Å². The van der Waals surface area contributed by atoms with Gasteiger partial charge in [-0.05, 0) is 37.5 Å².